The number of hydrogen-bond donors (Lipinski definition) is 2. The zero-order chi connectivity index (χ0) is 13.8. The molecule has 19 heavy (non-hydrogen) atoms. The maximum atomic E-state index is 12.5. The summed E-state index contributed by atoms with van der Waals surface area (Å²) in [5.41, 5.74) is 5.77. The average Bonchev–Trinajstić information content (AvgIpc) is 3.05. The van der Waals surface area contributed by atoms with Gasteiger partial charge in [-0.2, -0.15) is 0 Å². The molecule has 1 aromatic rings. The molecule has 3 unspecified atom stereocenters. The summed E-state index contributed by atoms with van der Waals surface area (Å²) in [4.78, 5) is 13.7. The molecule has 1 amide bonds. The number of nitrogens with one attached hydrogen (secondary N) is 1. The molecule has 2 rings (SSSR count). The molecule has 4 heteroatoms. The number of nitrogens with two attached hydrogens (primary N) is 1. The Morgan fingerprint density at radius 2 is 2.32 bits per heavy atom. The second kappa shape index (κ2) is 6.53. The summed E-state index contributed by atoms with van der Waals surface area (Å²) in [6, 6.07) is 4.27. The minimum Gasteiger partial charge on any atom is -0.348 e. The van der Waals surface area contributed by atoms with Crippen LogP contribution in [0.15, 0.2) is 17.5 Å². The van der Waals surface area contributed by atoms with E-state index in [4.69, 9.17) is 5.73 Å². The minimum atomic E-state index is 0.117. The number of rotatable bonds is 5. The molecule has 0 aliphatic heterocycles. The first-order chi connectivity index (χ1) is 9.13. The molecule has 3 nitrogen and oxygen atoms in total. The third kappa shape index (κ3) is 3.37. The van der Waals surface area contributed by atoms with Gasteiger partial charge in [0.2, 0.25) is 5.91 Å². The van der Waals surface area contributed by atoms with Crippen molar-refractivity contribution in [2.45, 2.75) is 39.2 Å². The molecule has 0 radical (unpaired) electrons. The lowest BCUT2D eigenvalue weighted by Gasteiger charge is -2.25. The number of thiophene rings is 1. The molecule has 0 saturated heterocycles. The van der Waals surface area contributed by atoms with Gasteiger partial charge in [0.25, 0.3) is 0 Å². The number of carbonyl (C=O) groups excluding carboxylic acids is 1. The van der Waals surface area contributed by atoms with Crippen molar-refractivity contribution in [1.82, 2.24) is 5.32 Å². The molecule has 1 aromatic heterocycles. The average molecular weight is 280 g/mol. The lowest BCUT2D eigenvalue weighted by Crippen LogP contribution is -2.38. The molecule has 1 aliphatic carbocycles. The first-order valence-corrected chi connectivity index (χ1v) is 8.05. The van der Waals surface area contributed by atoms with Crippen molar-refractivity contribution < 1.29 is 4.79 Å². The number of carbonyl (C=O) groups is 1. The molecule has 0 bridgehead atoms. The van der Waals surface area contributed by atoms with Gasteiger partial charge in [-0.1, -0.05) is 26.3 Å². The topological polar surface area (TPSA) is 55.1 Å². The van der Waals surface area contributed by atoms with E-state index in [1.54, 1.807) is 11.3 Å². The molecule has 3 N–H and O–H groups in total. The molecule has 1 fully saturated rings. The van der Waals surface area contributed by atoms with E-state index in [0.717, 1.165) is 19.3 Å². The maximum absolute atomic E-state index is 12.5. The van der Waals surface area contributed by atoms with Crippen LogP contribution in [0, 0.1) is 17.8 Å². The minimum absolute atomic E-state index is 0.117. The third-order valence-electron chi connectivity index (χ3n) is 4.11. The summed E-state index contributed by atoms with van der Waals surface area (Å²) < 4.78 is 0. The summed E-state index contributed by atoms with van der Waals surface area (Å²) >= 11 is 1.71. The van der Waals surface area contributed by atoms with Crippen LogP contribution in [0.5, 0.6) is 0 Å². The Labute approximate surface area is 119 Å². The van der Waals surface area contributed by atoms with Crippen molar-refractivity contribution >= 4 is 17.2 Å². The monoisotopic (exact) mass is 280 g/mol. The summed E-state index contributed by atoms with van der Waals surface area (Å²) in [5.74, 6) is 1.09. The fourth-order valence-corrected chi connectivity index (χ4v) is 3.91. The van der Waals surface area contributed by atoms with Crippen LogP contribution in [0.1, 0.15) is 44.0 Å². The first-order valence-electron chi connectivity index (χ1n) is 7.17. The summed E-state index contributed by atoms with van der Waals surface area (Å²) in [6.07, 6.45) is 3.22. The van der Waals surface area contributed by atoms with Crippen molar-refractivity contribution in [1.29, 1.82) is 0 Å². The van der Waals surface area contributed by atoms with Gasteiger partial charge < -0.3 is 11.1 Å². The van der Waals surface area contributed by atoms with Crippen molar-refractivity contribution in [3.8, 4) is 0 Å². The van der Waals surface area contributed by atoms with Crippen LogP contribution >= 0.6 is 11.3 Å². The first kappa shape index (κ1) is 14.5. The van der Waals surface area contributed by atoms with E-state index in [1.807, 2.05) is 6.07 Å². The van der Waals surface area contributed by atoms with Gasteiger partial charge >= 0.3 is 0 Å². The van der Waals surface area contributed by atoms with E-state index in [-0.39, 0.29) is 17.9 Å². The highest BCUT2D eigenvalue weighted by atomic mass is 32.1. The quantitative estimate of drug-likeness (QED) is 0.871. The Balaban J connectivity index is 2.03. The SMILES string of the molecule is CC(C)C(NC(=O)C1CCCC1CN)c1cccs1. The highest BCUT2D eigenvalue weighted by Crippen LogP contribution is 2.33. The maximum Gasteiger partial charge on any atom is 0.223 e. The second-order valence-electron chi connectivity index (χ2n) is 5.78. The number of hydrogen-bond acceptors (Lipinski definition) is 3. The fraction of sp³-hybridized carbons (Fsp3) is 0.667. The Kier molecular flexibility index (Phi) is 4.99. The van der Waals surface area contributed by atoms with Crippen LogP contribution in [-0.2, 0) is 4.79 Å². The molecule has 106 valence electrons. The summed E-state index contributed by atoms with van der Waals surface area (Å²) in [7, 11) is 0. The molecule has 1 aliphatic rings. The third-order valence-corrected chi connectivity index (χ3v) is 5.07. The van der Waals surface area contributed by atoms with Gasteiger partial charge in [-0.25, -0.2) is 0 Å². The van der Waals surface area contributed by atoms with Gasteiger partial charge in [-0.05, 0) is 42.7 Å². The van der Waals surface area contributed by atoms with E-state index in [0.29, 0.717) is 18.4 Å². The van der Waals surface area contributed by atoms with Gasteiger partial charge in [0.05, 0.1) is 6.04 Å². The van der Waals surface area contributed by atoms with Crippen LogP contribution in [0.25, 0.3) is 0 Å². The zero-order valence-electron chi connectivity index (χ0n) is 11.8. The zero-order valence-corrected chi connectivity index (χ0v) is 12.6. The highest BCUT2D eigenvalue weighted by Gasteiger charge is 2.33. The van der Waals surface area contributed by atoms with Gasteiger partial charge in [-0.15, -0.1) is 11.3 Å². The van der Waals surface area contributed by atoms with Gasteiger partial charge in [-0.3, -0.25) is 4.79 Å². The van der Waals surface area contributed by atoms with E-state index in [2.05, 4.69) is 30.6 Å². The second-order valence-corrected chi connectivity index (χ2v) is 6.76. The molecule has 0 aromatic carbocycles. The Bertz CT molecular complexity index is 402. The Morgan fingerprint density at radius 3 is 2.89 bits per heavy atom. The van der Waals surface area contributed by atoms with E-state index in [9.17, 15) is 4.79 Å². The highest BCUT2D eigenvalue weighted by molar-refractivity contribution is 7.10. The normalized spacial score (nSPS) is 24.6. The number of amides is 1. The molecule has 0 spiro atoms. The molecular formula is C15H24N2OS. The summed E-state index contributed by atoms with van der Waals surface area (Å²) in [5, 5.41) is 5.31. The van der Waals surface area contributed by atoms with Gasteiger partial charge in [0.1, 0.15) is 0 Å². The smallest absolute Gasteiger partial charge is 0.223 e. The lowest BCUT2D eigenvalue weighted by molar-refractivity contribution is -0.127. The largest absolute Gasteiger partial charge is 0.348 e. The van der Waals surface area contributed by atoms with Crippen LogP contribution < -0.4 is 11.1 Å². The van der Waals surface area contributed by atoms with E-state index in [1.165, 1.54) is 4.88 Å². The molecular weight excluding hydrogens is 256 g/mol. The van der Waals surface area contributed by atoms with Crippen LogP contribution in [0.2, 0.25) is 0 Å². The van der Waals surface area contributed by atoms with Crippen molar-refractivity contribution in [3.05, 3.63) is 22.4 Å². The predicted octanol–water partition coefficient (Wildman–Crippen LogP) is 2.94. The van der Waals surface area contributed by atoms with Crippen LogP contribution in [0.3, 0.4) is 0 Å². The summed E-state index contributed by atoms with van der Waals surface area (Å²) in [6.45, 7) is 4.93. The van der Waals surface area contributed by atoms with Crippen molar-refractivity contribution in [3.63, 3.8) is 0 Å². The fourth-order valence-electron chi connectivity index (χ4n) is 2.96. The van der Waals surface area contributed by atoms with Crippen molar-refractivity contribution in [2.24, 2.45) is 23.5 Å². The Hall–Kier alpha value is -0.870. The van der Waals surface area contributed by atoms with Crippen molar-refractivity contribution in [2.75, 3.05) is 6.54 Å². The Morgan fingerprint density at radius 1 is 1.53 bits per heavy atom. The predicted molar refractivity (Wildman–Crippen MR) is 79.9 cm³/mol. The van der Waals surface area contributed by atoms with E-state index >= 15 is 0 Å². The molecule has 3 atom stereocenters. The van der Waals surface area contributed by atoms with Crippen LogP contribution in [-0.4, -0.2) is 12.5 Å². The molecule has 1 heterocycles. The lowest BCUT2D eigenvalue weighted by atomic mass is 9.94. The van der Waals surface area contributed by atoms with Gasteiger partial charge in [0.15, 0.2) is 0 Å². The van der Waals surface area contributed by atoms with E-state index < -0.39 is 0 Å². The standard InChI is InChI=1S/C15H24N2OS/c1-10(2)14(13-7-4-8-19-13)17-15(18)12-6-3-5-11(12)9-16/h4,7-8,10-12,14H,3,5-6,9,16H2,1-2H3,(H,17,18). The van der Waals surface area contributed by atoms with Crippen LogP contribution in [0.4, 0.5) is 0 Å². The molecule has 1 saturated carbocycles. The van der Waals surface area contributed by atoms with Gasteiger partial charge in [0, 0.05) is 10.8 Å².